The van der Waals surface area contributed by atoms with Gasteiger partial charge in [0.2, 0.25) is 0 Å². The first-order valence-electron chi connectivity index (χ1n) is 5.63. The molecule has 1 heterocycles. The number of anilines is 1. The van der Waals surface area contributed by atoms with Gasteiger partial charge in [0.05, 0.1) is 12.3 Å². The van der Waals surface area contributed by atoms with Gasteiger partial charge in [-0.1, -0.05) is 12.8 Å². The van der Waals surface area contributed by atoms with E-state index in [0.29, 0.717) is 6.61 Å². The number of ether oxygens (including phenoxy) is 1. The van der Waals surface area contributed by atoms with E-state index in [4.69, 9.17) is 10.5 Å². The highest BCUT2D eigenvalue weighted by atomic mass is 16.5. The third-order valence-corrected chi connectivity index (χ3v) is 2.92. The van der Waals surface area contributed by atoms with Crippen LogP contribution in [0.4, 0.5) is 5.69 Å². The fourth-order valence-corrected chi connectivity index (χ4v) is 2.08. The van der Waals surface area contributed by atoms with Gasteiger partial charge >= 0.3 is 0 Å². The fraction of sp³-hybridized carbons (Fsp3) is 0.583. The first kappa shape index (κ1) is 10.4. The van der Waals surface area contributed by atoms with Gasteiger partial charge < -0.3 is 10.5 Å². The summed E-state index contributed by atoms with van der Waals surface area (Å²) in [7, 11) is 0. The van der Waals surface area contributed by atoms with Crippen LogP contribution < -0.4 is 5.73 Å². The van der Waals surface area contributed by atoms with Crippen molar-refractivity contribution in [3.05, 3.63) is 24.0 Å². The third-order valence-electron chi connectivity index (χ3n) is 2.92. The molecular formula is C12H18N2O. The second-order valence-electron chi connectivity index (χ2n) is 4.25. The highest BCUT2D eigenvalue weighted by Gasteiger charge is 2.14. The largest absolute Gasteiger partial charge is 0.399 e. The number of nitrogens with zero attached hydrogens (tertiary/aromatic N) is 1. The molecule has 0 amide bonds. The zero-order chi connectivity index (χ0) is 10.5. The Bertz CT molecular complexity index is 308. The summed E-state index contributed by atoms with van der Waals surface area (Å²) in [6.45, 7) is 1.46. The smallest absolute Gasteiger partial charge is 0.0888 e. The van der Waals surface area contributed by atoms with Crippen LogP contribution in [0.5, 0.6) is 0 Å². The lowest BCUT2D eigenvalue weighted by molar-refractivity contribution is 0.0867. The number of hydrogen-bond donors (Lipinski definition) is 1. The van der Waals surface area contributed by atoms with Crippen molar-refractivity contribution in [1.29, 1.82) is 0 Å². The summed E-state index contributed by atoms with van der Waals surface area (Å²) < 4.78 is 5.64. The lowest BCUT2D eigenvalue weighted by atomic mass is 10.1. The minimum atomic E-state index is 0.585. The van der Waals surface area contributed by atoms with Crippen LogP contribution >= 0.6 is 0 Å². The molecule has 15 heavy (non-hydrogen) atoms. The Morgan fingerprint density at radius 3 is 2.93 bits per heavy atom. The first-order valence-corrected chi connectivity index (χ1v) is 5.63. The molecule has 0 bridgehead atoms. The van der Waals surface area contributed by atoms with Crippen LogP contribution in [0.25, 0.3) is 0 Å². The average molecular weight is 206 g/mol. The Kier molecular flexibility index (Phi) is 3.56. The third kappa shape index (κ3) is 3.20. The van der Waals surface area contributed by atoms with E-state index >= 15 is 0 Å². The summed E-state index contributed by atoms with van der Waals surface area (Å²) in [5.41, 5.74) is 7.34. The molecule has 1 aromatic rings. The zero-order valence-electron chi connectivity index (χ0n) is 8.98. The van der Waals surface area contributed by atoms with Gasteiger partial charge in [-0.3, -0.25) is 4.98 Å². The van der Waals surface area contributed by atoms with E-state index in [2.05, 4.69) is 4.98 Å². The maximum absolute atomic E-state index is 5.66. The maximum atomic E-state index is 5.66. The van der Waals surface area contributed by atoms with Gasteiger partial charge in [0.25, 0.3) is 0 Å². The van der Waals surface area contributed by atoms with Gasteiger partial charge in [-0.05, 0) is 30.9 Å². The normalized spacial score (nSPS) is 17.1. The number of hydrogen-bond acceptors (Lipinski definition) is 3. The number of pyridine rings is 1. The van der Waals surface area contributed by atoms with Gasteiger partial charge in [-0.2, -0.15) is 0 Å². The summed E-state index contributed by atoms with van der Waals surface area (Å²) in [5, 5.41) is 0. The van der Waals surface area contributed by atoms with Gasteiger partial charge in [0, 0.05) is 18.5 Å². The maximum Gasteiger partial charge on any atom is 0.0888 e. The Labute approximate surface area is 90.7 Å². The summed E-state index contributed by atoms with van der Waals surface area (Å²) in [5.74, 6) is 0.769. The predicted molar refractivity (Wildman–Crippen MR) is 60.3 cm³/mol. The molecule has 1 fully saturated rings. The van der Waals surface area contributed by atoms with Crippen LogP contribution in [-0.4, -0.2) is 11.6 Å². The molecular weight excluding hydrogens is 188 g/mol. The minimum absolute atomic E-state index is 0.585. The molecule has 1 aliphatic rings. The minimum Gasteiger partial charge on any atom is -0.399 e. The quantitative estimate of drug-likeness (QED) is 0.822. The van der Waals surface area contributed by atoms with Gasteiger partial charge in [0.1, 0.15) is 0 Å². The van der Waals surface area contributed by atoms with Crippen molar-refractivity contribution in [2.75, 3.05) is 12.3 Å². The first-order chi connectivity index (χ1) is 7.34. The average Bonchev–Trinajstić information content (AvgIpc) is 2.71. The van der Waals surface area contributed by atoms with Crippen LogP contribution in [0.1, 0.15) is 31.4 Å². The predicted octanol–water partition coefficient (Wildman–Crippen LogP) is 2.37. The summed E-state index contributed by atoms with van der Waals surface area (Å²) in [4.78, 5) is 4.20. The second-order valence-corrected chi connectivity index (χ2v) is 4.25. The molecule has 1 saturated carbocycles. The molecule has 3 heteroatoms. The van der Waals surface area contributed by atoms with Gasteiger partial charge in [-0.15, -0.1) is 0 Å². The molecule has 0 saturated heterocycles. The van der Waals surface area contributed by atoms with Crippen molar-refractivity contribution in [3.63, 3.8) is 0 Å². The monoisotopic (exact) mass is 206 g/mol. The van der Waals surface area contributed by atoms with E-state index in [-0.39, 0.29) is 0 Å². The van der Waals surface area contributed by atoms with Crippen molar-refractivity contribution in [2.24, 2.45) is 5.92 Å². The number of nitrogen functional groups attached to an aromatic ring is 1. The molecule has 0 radical (unpaired) electrons. The van der Waals surface area contributed by atoms with Crippen molar-refractivity contribution >= 4 is 5.69 Å². The topological polar surface area (TPSA) is 48.1 Å². The highest BCUT2D eigenvalue weighted by Crippen LogP contribution is 2.24. The molecule has 0 aromatic carbocycles. The van der Waals surface area contributed by atoms with Crippen LogP contribution in [0, 0.1) is 5.92 Å². The molecule has 82 valence electrons. The van der Waals surface area contributed by atoms with Crippen molar-refractivity contribution < 1.29 is 4.74 Å². The molecule has 2 N–H and O–H groups in total. The van der Waals surface area contributed by atoms with Crippen LogP contribution in [-0.2, 0) is 11.3 Å². The van der Waals surface area contributed by atoms with Crippen molar-refractivity contribution in [3.8, 4) is 0 Å². The molecule has 1 aliphatic carbocycles. The van der Waals surface area contributed by atoms with Crippen molar-refractivity contribution in [2.45, 2.75) is 32.3 Å². The Morgan fingerprint density at radius 2 is 2.20 bits per heavy atom. The SMILES string of the molecule is Nc1ccnc(COCC2CCCC2)c1. The van der Waals surface area contributed by atoms with Crippen LogP contribution in [0.2, 0.25) is 0 Å². The molecule has 2 rings (SSSR count). The van der Waals surface area contributed by atoms with E-state index in [9.17, 15) is 0 Å². The van der Waals surface area contributed by atoms with Crippen molar-refractivity contribution in [1.82, 2.24) is 4.98 Å². The molecule has 1 aromatic heterocycles. The summed E-state index contributed by atoms with van der Waals surface area (Å²) in [6, 6.07) is 3.66. The molecule has 0 aliphatic heterocycles. The lowest BCUT2D eigenvalue weighted by Gasteiger charge is -2.09. The number of rotatable bonds is 4. The Hall–Kier alpha value is -1.09. The van der Waals surface area contributed by atoms with E-state index in [1.807, 2.05) is 6.07 Å². The molecule has 0 spiro atoms. The van der Waals surface area contributed by atoms with Crippen LogP contribution in [0.15, 0.2) is 18.3 Å². The molecule has 3 nitrogen and oxygen atoms in total. The Morgan fingerprint density at radius 1 is 1.40 bits per heavy atom. The summed E-state index contributed by atoms with van der Waals surface area (Å²) in [6.07, 6.45) is 7.10. The molecule has 0 unspecified atom stereocenters. The van der Waals surface area contributed by atoms with E-state index in [1.165, 1.54) is 25.7 Å². The lowest BCUT2D eigenvalue weighted by Crippen LogP contribution is -2.06. The van der Waals surface area contributed by atoms with Gasteiger partial charge in [0.15, 0.2) is 0 Å². The number of aromatic nitrogens is 1. The Balaban J connectivity index is 1.73. The second kappa shape index (κ2) is 5.12. The van der Waals surface area contributed by atoms with Gasteiger partial charge in [-0.25, -0.2) is 0 Å². The van der Waals surface area contributed by atoms with Crippen LogP contribution in [0.3, 0.4) is 0 Å². The van der Waals surface area contributed by atoms with E-state index in [1.54, 1.807) is 12.3 Å². The van der Waals surface area contributed by atoms with E-state index < -0.39 is 0 Å². The summed E-state index contributed by atoms with van der Waals surface area (Å²) >= 11 is 0. The standard InChI is InChI=1S/C12H18N2O/c13-11-5-6-14-12(7-11)9-15-8-10-3-1-2-4-10/h5-7,10H,1-4,8-9H2,(H2,13,14). The number of nitrogens with two attached hydrogens (primary N) is 1. The van der Waals surface area contributed by atoms with E-state index in [0.717, 1.165) is 23.9 Å². The zero-order valence-corrected chi connectivity index (χ0v) is 8.98. The molecule has 0 atom stereocenters. The highest BCUT2D eigenvalue weighted by molar-refractivity contribution is 5.36. The fourth-order valence-electron chi connectivity index (χ4n) is 2.08.